The predicted octanol–water partition coefficient (Wildman–Crippen LogP) is 5.26. The van der Waals surface area contributed by atoms with Crippen LogP contribution in [0.3, 0.4) is 0 Å². The molecule has 0 radical (unpaired) electrons. The Morgan fingerprint density at radius 3 is 2.34 bits per heavy atom. The van der Waals surface area contributed by atoms with E-state index in [1.54, 1.807) is 31.4 Å². The van der Waals surface area contributed by atoms with Crippen LogP contribution in [0.5, 0.6) is 5.75 Å². The lowest BCUT2D eigenvalue weighted by Crippen LogP contribution is -2.48. The quantitative estimate of drug-likeness (QED) is 0.419. The largest absolute Gasteiger partial charge is 0.497 e. The van der Waals surface area contributed by atoms with E-state index in [1.165, 1.54) is 4.90 Å². The van der Waals surface area contributed by atoms with E-state index in [4.69, 9.17) is 4.74 Å². The van der Waals surface area contributed by atoms with Crippen molar-refractivity contribution in [1.29, 1.82) is 0 Å². The van der Waals surface area contributed by atoms with Gasteiger partial charge in [-0.05, 0) is 60.4 Å². The molecule has 2 amide bonds. The van der Waals surface area contributed by atoms with Crippen molar-refractivity contribution in [2.75, 3.05) is 18.6 Å². The van der Waals surface area contributed by atoms with Crippen LogP contribution in [0, 0.1) is 22.0 Å². The summed E-state index contributed by atoms with van der Waals surface area (Å²) in [4.78, 5) is 40.0. The average molecular weight is 455 g/mol. The van der Waals surface area contributed by atoms with E-state index < -0.39 is 21.8 Å². The number of imide groups is 1. The minimum atomic E-state index is -1.33. The van der Waals surface area contributed by atoms with E-state index in [0.717, 1.165) is 43.9 Å². The molecule has 7 nitrogen and oxygen atoms in total. The first-order valence-electron chi connectivity index (χ1n) is 10.9. The number of amides is 2. The summed E-state index contributed by atoms with van der Waals surface area (Å²) >= 11 is 0.933. The maximum atomic E-state index is 14.1. The van der Waals surface area contributed by atoms with Crippen LogP contribution in [-0.2, 0) is 9.54 Å². The Morgan fingerprint density at radius 1 is 1.09 bits per heavy atom. The molecule has 1 aliphatic carbocycles. The third-order valence-corrected chi connectivity index (χ3v) is 7.96. The Bertz CT molecular complexity index is 991. The summed E-state index contributed by atoms with van der Waals surface area (Å²) in [5.41, 5.74) is 1.09. The fourth-order valence-electron chi connectivity index (χ4n) is 5.05. The van der Waals surface area contributed by atoms with Gasteiger partial charge < -0.3 is 4.74 Å². The van der Waals surface area contributed by atoms with Crippen LogP contribution in [0.1, 0.15) is 37.7 Å². The van der Waals surface area contributed by atoms with Gasteiger partial charge in [0.05, 0.1) is 18.7 Å². The molecule has 0 spiro atoms. The topological polar surface area (TPSA) is 89.8 Å². The number of nitro groups is 1. The first-order valence-corrected chi connectivity index (χ1v) is 11.7. The van der Waals surface area contributed by atoms with Gasteiger partial charge in [0, 0.05) is 4.92 Å². The van der Waals surface area contributed by atoms with Crippen LogP contribution in [0.15, 0.2) is 54.6 Å². The molecule has 2 atom stereocenters. The molecule has 2 aromatic rings. The van der Waals surface area contributed by atoms with Crippen molar-refractivity contribution in [3.63, 3.8) is 0 Å². The summed E-state index contributed by atoms with van der Waals surface area (Å²) in [6, 6.07) is 15.8. The lowest BCUT2D eigenvalue weighted by atomic mass is 9.70. The molecule has 0 aromatic heterocycles. The minimum Gasteiger partial charge on any atom is -0.497 e. The highest BCUT2D eigenvalue weighted by atomic mass is 32.2. The van der Waals surface area contributed by atoms with Crippen molar-refractivity contribution in [3.8, 4) is 5.75 Å². The summed E-state index contributed by atoms with van der Waals surface area (Å²) in [6.45, 7) is -0.345. The summed E-state index contributed by atoms with van der Waals surface area (Å²) in [5.74, 6) is -0.358. The molecule has 8 heteroatoms. The molecule has 1 saturated heterocycles. The second-order valence-electron chi connectivity index (χ2n) is 8.33. The Morgan fingerprint density at radius 2 is 1.75 bits per heavy atom. The van der Waals surface area contributed by atoms with Crippen LogP contribution >= 0.6 is 11.8 Å². The maximum absolute atomic E-state index is 14.1. The van der Waals surface area contributed by atoms with Crippen LogP contribution in [0.25, 0.3) is 0 Å². The summed E-state index contributed by atoms with van der Waals surface area (Å²) in [7, 11) is 1.55. The first kappa shape index (κ1) is 22.3. The predicted molar refractivity (Wildman–Crippen MR) is 124 cm³/mol. The summed E-state index contributed by atoms with van der Waals surface area (Å²) < 4.78 is 3.86. The van der Waals surface area contributed by atoms with E-state index in [0.29, 0.717) is 17.0 Å². The molecular formula is C24H26N2O5S. The fraction of sp³-hybridized carbons (Fsp3) is 0.417. The number of carbonyl (C=O) groups is 2. The molecule has 2 aliphatic rings. The highest BCUT2D eigenvalue weighted by Gasteiger charge is 2.61. The standard InChI is InChI=1S/C24H26N2O5S/c1-31-20-14-12-19(13-15-20)26-22(27)24(32-23(26)28,18-10-6-3-7-11-18)21(16-25(29)30)17-8-4-2-5-9-17/h3,6-7,10-15,17,21H,2,4-5,8-9,16H2,1H3/t21-,24-/m1/s1. The second-order valence-corrected chi connectivity index (χ2v) is 9.53. The normalized spacial score (nSPS) is 22.7. The zero-order chi connectivity index (χ0) is 22.7. The number of hydrogen-bond acceptors (Lipinski definition) is 6. The van der Waals surface area contributed by atoms with Crippen molar-refractivity contribution in [3.05, 3.63) is 70.3 Å². The molecule has 2 aromatic carbocycles. The SMILES string of the molecule is COc1ccc(N2C(=O)S[C@](c3ccccc3)([C@H](C[N+](=O)[O-])C3CCCCC3)C2=O)cc1. The number of rotatable bonds is 7. The maximum Gasteiger partial charge on any atom is 0.294 e. The number of thioether (sulfide) groups is 1. The Kier molecular flexibility index (Phi) is 6.50. The van der Waals surface area contributed by atoms with Crippen molar-refractivity contribution < 1.29 is 19.2 Å². The fourth-order valence-corrected chi connectivity index (χ4v) is 6.46. The van der Waals surface area contributed by atoms with Gasteiger partial charge in [-0.2, -0.15) is 0 Å². The molecule has 4 rings (SSSR count). The minimum absolute atomic E-state index is 0.00873. The van der Waals surface area contributed by atoms with E-state index in [1.807, 2.05) is 30.3 Å². The smallest absolute Gasteiger partial charge is 0.294 e. The Labute approximate surface area is 191 Å². The number of benzene rings is 2. The summed E-state index contributed by atoms with van der Waals surface area (Å²) in [5, 5.41) is 11.4. The van der Waals surface area contributed by atoms with Crippen LogP contribution in [0.2, 0.25) is 0 Å². The number of anilines is 1. The van der Waals surface area contributed by atoms with Gasteiger partial charge in [-0.25, -0.2) is 4.90 Å². The number of hydrogen-bond donors (Lipinski definition) is 0. The van der Waals surface area contributed by atoms with Gasteiger partial charge >= 0.3 is 0 Å². The molecule has 0 unspecified atom stereocenters. The molecule has 1 aliphatic heterocycles. The lowest BCUT2D eigenvalue weighted by molar-refractivity contribution is -0.491. The van der Waals surface area contributed by atoms with Gasteiger partial charge in [0.1, 0.15) is 10.5 Å². The van der Waals surface area contributed by atoms with E-state index in [-0.39, 0.29) is 17.4 Å². The molecule has 1 saturated carbocycles. The highest BCUT2D eigenvalue weighted by molar-refractivity contribution is 8.16. The van der Waals surface area contributed by atoms with Gasteiger partial charge in [0.2, 0.25) is 6.54 Å². The van der Waals surface area contributed by atoms with Crippen LogP contribution in [0.4, 0.5) is 10.5 Å². The second kappa shape index (κ2) is 9.32. The van der Waals surface area contributed by atoms with Gasteiger partial charge in [-0.1, -0.05) is 49.6 Å². The first-order chi connectivity index (χ1) is 15.5. The number of methoxy groups -OCH3 is 1. The van der Waals surface area contributed by atoms with E-state index in [9.17, 15) is 19.7 Å². The van der Waals surface area contributed by atoms with E-state index >= 15 is 0 Å². The lowest BCUT2D eigenvalue weighted by Gasteiger charge is -2.38. The number of ether oxygens (including phenoxy) is 1. The molecule has 32 heavy (non-hydrogen) atoms. The van der Waals surface area contributed by atoms with Crippen molar-refractivity contribution >= 4 is 28.6 Å². The van der Waals surface area contributed by atoms with Crippen molar-refractivity contribution in [2.45, 2.75) is 36.9 Å². The monoisotopic (exact) mass is 454 g/mol. The zero-order valence-electron chi connectivity index (χ0n) is 17.9. The molecule has 0 N–H and O–H groups in total. The van der Waals surface area contributed by atoms with Crippen molar-refractivity contribution in [2.24, 2.45) is 11.8 Å². The Hall–Kier alpha value is -2.87. The van der Waals surface area contributed by atoms with Crippen LogP contribution in [-0.4, -0.2) is 29.7 Å². The number of nitrogens with zero attached hydrogens (tertiary/aromatic N) is 2. The van der Waals surface area contributed by atoms with Crippen molar-refractivity contribution in [1.82, 2.24) is 0 Å². The van der Waals surface area contributed by atoms with Crippen LogP contribution < -0.4 is 9.64 Å². The third kappa shape index (κ3) is 3.99. The molecular weight excluding hydrogens is 428 g/mol. The van der Waals surface area contributed by atoms with Gasteiger partial charge in [0.15, 0.2) is 0 Å². The third-order valence-electron chi connectivity index (χ3n) is 6.57. The zero-order valence-corrected chi connectivity index (χ0v) is 18.8. The molecule has 2 fully saturated rings. The summed E-state index contributed by atoms with van der Waals surface area (Å²) in [6.07, 6.45) is 4.73. The Balaban J connectivity index is 1.83. The van der Waals surface area contributed by atoms with Gasteiger partial charge in [-0.3, -0.25) is 19.7 Å². The molecule has 168 valence electrons. The highest BCUT2D eigenvalue weighted by Crippen LogP contribution is 2.55. The van der Waals surface area contributed by atoms with Gasteiger partial charge in [0.25, 0.3) is 11.1 Å². The molecule has 0 bridgehead atoms. The molecule has 1 heterocycles. The number of carbonyl (C=O) groups excluding carboxylic acids is 2. The van der Waals surface area contributed by atoms with Gasteiger partial charge in [-0.15, -0.1) is 0 Å². The average Bonchev–Trinajstić information content (AvgIpc) is 3.09. The van der Waals surface area contributed by atoms with E-state index in [2.05, 4.69) is 0 Å².